The number of aromatic carboxylic acids is 4. The van der Waals surface area contributed by atoms with Gasteiger partial charge in [0.15, 0.2) is 0 Å². The molecule has 0 amide bonds. The van der Waals surface area contributed by atoms with Crippen LogP contribution in [-0.4, -0.2) is 163 Å². The molecule has 4 aromatic carbocycles. The first kappa shape index (κ1) is 40.8. The average Bonchev–Trinajstić information content (AvgIpc) is 2.92. The Hall–Kier alpha value is -1.24. The fourth-order valence-electron chi connectivity index (χ4n) is 4.68. The summed E-state index contributed by atoms with van der Waals surface area (Å²) in [6.45, 7) is 0. The molecule has 0 aliphatic rings. The van der Waals surface area contributed by atoms with Crippen LogP contribution in [-0.2, 0) is 11.8 Å². The molecule has 42 heavy (non-hydrogen) atoms. The summed E-state index contributed by atoms with van der Waals surface area (Å²) in [5.41, 5.74) is 0.634. The van der Waals surface area contributed by atoms with Gasteiger partial charge in [-0.3, -0.25) is 0 Å². The van der Waals surface area contributed by atoms with E-state index in [-0.39, 0.29) is 147 Å². The minimum Gasteiger partial charge on any atom is -0.478 e. The zero-order chi connectivity index (χ0) is 27.4. The summed E-state index contributed by atoms with van der Waals surface area (Å²) >= 11 is 0. The van der Waals surface area contributed by atoms with Crippen molar-refractivity contribution in [2.75, 3.05) is 0 Å². The Morgan fingerprint density at radius 2 is 0.738 bits per heavy atom. The number of hydrogen-bond acceptors (Lipinski definition) is 4. The normalized spacial score (nSPS) is 10.0. The van der Waals surface area contributed by atoms with E-state index in [1.165, 1.54) is 48.5 Å². The number of benzene rings is 4. The van der Waals surface area contributed by atoms with Crippen LogP contribution >= 0.6 is 0 Å². The quantitative estimate of drug-likeness (QED) is 0.168. The van der Waals surface area contributed by atoms with Crippen molar-refractivity contribution in [1.29, 1.82) is 0 Å². The van der Waals surface area contributed by atoms with Gasteiger partial charge in [0.25, 0.3) is 0 Å². The molecule has 0 bridgehead atoms. The maximum absolute atomic E-state index is 11.9. The molecule has 8 nitrogen and oxygen atoms in total. The van der Waals surface area contributed by atoms with E-state index in [0.717, 1.165) is 0 Å². The van der Waals surface area contributed by atoms with Gasteiger partial charge < -0.3 is 20.4 Å². The van der Waals surface area contributed by atoms with E-state index >= 15 is 0 Å². The summed E-state index contributed by atoms with van der Waals surface area (Å²) in [6.07, 6.45) is 0.0728. The monoisotopic (exact) mass is 602 g/mol. The summed E-state index contributed by atoms with van der Waals surface area (Å²) in [7, 11) is 0. The molecule has 0 atom stereocenters. The number of carboxylic acid groups (broad SMARTS) is 4. The fraction of sp³-hybridized carbons (Fsp3) is 0.0667. The molecule has 12 heteroatoms. The van der Waals surface area contributed by atoms with E-state index in [1.807, 2.05) is 0 Å². The van der Waals surface area contributed by atoms with Gasteiger partial charge in [-0.25, -0.2) is 19.2 Å². The zero-order valence-electron chi connectivity index (χ0n) is 23.9. The Bertz CT molecular complexity index is 1450. The third-order valence-corrected chi connectivity index (χ3v) is 6.45. The van der Waals surface area contributed by atoms with Crippen LogP contribution in [0.5, 0.6) is 0 Å². The van der Waals surface area contributed by atoms with E-state index in [1.54, 1.807) is 48.5 Å². The Kier molecular flexibility index (Phi) is 17.4. The maximum Gasteiger partial charge on any atom is 0.335 e. The van der Waals surface area contributed by atoms with E-state index in [0.29, 0.717) is 22.3 Å². The average molecular weight is 602 g/mol. The van der Waals surface area contributed by atoms with Crippen molar-refractivity contribution in [3.8, 4) is 0 Å². The van der Waals surface area contributed by atoms with Crippen molar-refractivity contribution in [2.24, 2.45) is 0 Å². The summed E-state index contributed by atoms with van der Waals surface area (Å²) in [6, 6.07) is 24.6. The van der Waals surface area contributed by atoms with E-state index in [9.17, 15) is 39.6 Å². The van der Waals surface area contributed by atoms with Crippen LogP contribution in [0.15, 0.2) is 97.1 Å². The van der Waals surface area contributed by atoms with Gasteiger partial charge in [-0.2, -0.15) is 0 Å². The van der Waals surface area contributed by atoms with Crippen molar-refractivity contribution in [2.45, 2.75) is 11.8 Å². The molecule has 0 saturated carbocycles. The minimum absolute atomic E-state index is 0. The molecule has 4 N–H and O–H groups in total. The molecule has 0 unspecified atom stereocenters. The van der Waals surface area contributed by atoms with E-state index in [2.05, 4.69) is 0 Å². The molecule has 0 aliphatic carbocycles. The predicted molar refractivity (Wildman–Crippen MR) is 160 cm³/mol. The topological polar surface area (TPSA) is 149 Å². The third-order valence-electron chi connectivity index (χ3n) is 6.45. The van der Waals surface area contributed by atoms with Crippen LogP contribution in [0.25, 0.3) is 0 Å². The van der Waals surface area contributed by atoms with Crippen LogP contribution in [0.1, 0.15) is 63.7 Å². The van der Waals surface area contributed by atoms with Crippen LogP contribution < -0.4 is 0 Å². The predicted octanol–water partition coefficient (Wildman–Crippen LogP) is 3.53. The van der Waals surface area contributed by atoms with Gasteiger partial charge in [-0.05, 0) is 77.2 Å². The third kappa shape index (κ3) is 9.14. The molecule has 4 rings (SSSR count). The van der Waals surface area contributed by atoms with Crippen LogP contribution in [0.4, 0.5) is 0 Å². The summed E-state index contributed by atoms with van der Waals surface area (Å²) in [5.74, 6) is -4.65. The fourth-order valence-corrected chi connectivity index (χ4v) is 4.68. The minimum atomic E-state index is -1.29. The van der Waals surface area contributed by atoms with Crippen molar-refractivity contribution in [3.63, 3.8) is 0 Å². The molecule has 0 spiro atoms. The molecule has 4 aromatic rings. The maximum atomic E-state index is 11.9. The van der Waals surface area contributed by atoms with Crippen molar-refractivity contribution >= 4 is 142 Å². The van der Waals surface area contributed by atoms with Gasteiger partial charge in [0.1, 0.15) is 0 Å². The van der Waals surface area contributed by atoms with E-state index < -0.39 is 29.3 Å². The Labute approximate surface area is 330 Å². The molecule has 4 radical (unpaired) electrons. The van der Waals surface area contributed by atoms with Gasteiger partial charge >= 0.3 is 23.9 Å². The second kappa shape index (κ2) is 17.9. The molecular formula is C30H22Na4O8. The molecule has 0 heterocycles. The molecule has 194 valence electrons. The summed E-state index contributed by atoms with van der Waals surface area (Å²) < 4.78 is 0. The van der Waals surface area contributed by atoms with Gasteiger partial charge in [0.05, 0.1) is 22.3 Å². The SMILES string of the molecule is O=C(O)c1cccc(CC(c2cccc(C(=O)O)c2)(c2cccc(C(=O)O)c2)c2cccc(C(=O)O)c2)c1.[Na].[Na].[Na].[Na]. The Balaban J connectivity index is 0.00000420. The van der Waals surface area contributed by atoms with Crippen LogP contribution in [0.2, 0.25) is 0 Å². The largest absolute Gasteiger partial charge is 0.478 e. The number of carbonyl (C=O) groups is 4. The number of carboxylic acids is 4. The smallest absolute Gasteiger partial charge is 0.335 e. The molecule has 0 aliphatic heterocycles. The second-order valence-corrected chi connectivity index (χ2v) is 8.75. The number of rotatable bonds is 9. The summed E-state index contributed by atoms with van der Waals surface area (Å²) in [4.78, 5) is 47.4. The van der Waals surface area contributed by atoms with Crippen molar-refractivity contribution in [3.05, 3.63) is 142 Å². The van der Waals surface area contributed by atoms with Crippen molar-refractivity contribution in [1.82, 2.24) is 0 Å². The van der Waals surface area contributed by atoms with Gasteiger partial charge in [0, 0.05) is 124 Å². The van der Waals surface area contributed by atoms with E-state index in [4.69, 9.17) is 0 Å². The number of hydrogen-bond donors (Lipinski definition) is 4. The molecule has 0 aromatic heterocycles. The van der Waals surface area contributed by atoms with Gasteiger partial charge in [-0.1, -0.05) is 48.5 Å². The molecular weight excluding hydrogens is 580 g/mol. The van der Waals surface area contributed by atoms with Crippen LogP contribution in [0, 0.1) is 0 Å². The molecule has 0 fully saturated rings. The second-order valence-electron chi connectivity index (χ2n) is 8.75. The standard InChI is InChI=1S/C30H22O8.4Na/c31-26(32)19-6-1-5-18(13-19)17-30(23-10-2-7-20(14-23)27(33)34,24-11-3-8-21(15-24)28(35)36)25-12-4-9-22(16-25)29(37)38;;;;/h1-16H,17H2,(H,31,32)(H,33,34)(H,35,36)(H,37,38);;;;. The van der Waals surface area contributed by atoms with Crippen molar-refractivity contribution < 1.29 is 39.6 Å². The first-order valence-electron chi connectivity index (χ1n) is 11.5. The first-order valence-corrected chi connectivity index (χ1v) is 11.5. The molecule has 0 saturated heterocycles. The zero-order valence-corrected chi connectivity index (χ0v) is 31.9. The Morgan fingerprint density at radius 1 is 0.452 bits per heavy atom. The van der Waals surface area contributed by atoms with Gasteiger partial charge in [-0.15, -0.1) is 0 Å². The summed E-state index contributed by atoms with van der Waals surface area (Å²) in [5, 5.41) is 38.7. The Morgan fingerprint density at radius 3 is 1.05 bits per heavy atom. The van der Waals surface area contributed by atoms with Crippen LogP contribution in [0.3, 0.4) is 0 Å². The van der Waals surface area contributed by atoms with Gasteiger partial charge in [0.2, 0.25) is 0 Å². The first-order chi connectivity index (χ1) is 18.1.